The Kier molecular flexibility index (Phi) is 4.14. The minimum atomic E-state index is 0.954. The summed E-state index contributed by atoms with van der Waals surface area (Å²) in [5.74, 6) is 0. The lowest BCUT2D eigenvalue weighted by molar-refractivity contribution is 0.690. The number of thiophene rings is 1. The maximum Gasteiger partial charge on any atom is 0.0346 e. The SMILES string of the molecule is Cc1cccc(CCNCc2csc3ccccc23)c1. The van der Waals surface area contributed by atoms with E-state index in [4.69, 9.17) is 0 Å². The van der Waals surface area contributed by atoms with Crippen molar-refractivity contribution in [1.82, 2.24) is 5.32 Å². The second kappa shape index (κ2) is 6.21. The number of nitrogens with one attached hydrogen (secondary N) is 1. The molecule has 0 saturated carbocycles. The van der Waals surface area contributed by atoms with Crippen LogP contribution in [0, 0.1) is 6.92 Å². The second-order valence-corrected chi connectivity index (χ2v) is 6.08. The largest absolute Gasteiger partial charge is 0.312 e. The van der Waals surface area contributed by atoms with E-state index in [2.05, 4.69) is 66.2 Å². The molecule has 20 heavy (non-hydrogen) atoms. The van der Waals surface area contributed by atoms with Crippen LogP contribution >= 0.6 is 11.3 Å². The number of hydrogen-bond donors (Lipinski definition) is 1. The Labute approximate surface area is 124 Å². The highest BCUT2D eigenvalue weighted by Gasteiger charge is 2.02. The molecule has 0 spiro atoms. The quantitative estimate of drug-likeness (QED) is 0.677. The molecule has 102 valence electrons. The van der Waals surface area contributed by atoms with Crippen molar-refractivity contribution in [2.24, 2.45) is 0 Å². The Morgan fingerprint density at radius 1 is 1.05 bits per heavy atom. The van der Waals surface area contributed by atoms with E-state index < -0.39 is 0 Å². The van der Waals surface area contributed by atoms with Crippen molar-refractivity contribution in [3.63, 3.8) is 0 Å². The third-order valence-electron chi connectivity index (χ3n) is 3.55. The molecule has 0 unspecified atom stereocenters. The summed E-state index contributed by atoms with van der Waals surface area (Å²) >= 11 is 1.83. The third-order valence-corrected chi connectivity index (χ3v) is 4.56. The second-order valence-electron chi connectivity index (χ2n) is 5.17. The molecule has 0 aliphatic carbocycles. The van der Waals surface area contributed by atoms with Crippen LogP contribution in [0.3, 0.4) is 0 Å². The highest BCUT2D eigenvalue weighted by molar-refractivity contribution is 7.17. The van der Waals surface area contributed by atoms with Gasteiger partial charge in [-0.1, -0.05) is 48.0 Å². The number of rotatable bonds is 5. The first-order valence-corrected chi connectivity index (χ1v) is 7.92. The van der Waals surface area contributed by atoms with Gasteiger partial charge in [0, 0.05) is 11.2 Å². The van der Waals surface area contributed by atoms with Crippen molar-refractivity contribution in [1.29, 1.82) is 0 Å². The van der Waals surface area contributed by atoms with Crippen molar-refractivity contribution in [2.45, 2.75) is 19.9 Å². The average Bonchev–Trinajstić information content (AvgIpc) is 2.87. The van der Waals surface area contributed by atoms with Gasteiger partial charge in [-0.05, 0) is 47.8 Å². The number of hydrogen-bond acceptors (Lipinski definition) is 2. The normalized spacial score (nSPS) is 11.1. The van der Waals surface area contributed by atoms with E-state index >= 15 is 0 Å². The van der Waals surface area contributed by atoms with Gasteiger partial charge in [0.05, 0.1) is 0 Å². The zero-order chi connectivity index (χ0) is 13.8. The molecule has 2 heteroatoms. The lowest BCUT2D eigenvalue weighted by atomic mass is 10.1. The molecular weight excluding hydrogens is 262 g/mol. The van der Waals surface area contributed by atoms with Crippen molar-refractivity contribution >= 4 is 21.4 Å². The molecule has 0 aliphatic rings. The summed E-state index contributed by atoms with van der Waals surface area (Å²) in [4.78, 5) is 0. The standard InChI is InChI=1S/C18H19NS/c1-14-5-4-6-15(11-14)9-10-19-12-16-13-20-18-8-3-2-7-17(16)18/h2-8,11,13,19H,9-10,12H2,1H3. The maximum absolute atomic E-state index is 3.55. The van der Waals surface area contributed by atoms with Crippen molar-refractivity contribution < 1.29 is 0 Å². The van der Waals surface area contributed by atoms with Gasteiger partial charge in [0.1, 0.15) is 0 Å². The van der Waals surface area contributed by atoms with Crippen LogP contribution in [0.5, 0.6) is 0 Å². The molecule has 2 aromatic carbocycles. The number of benzene rings is 2. The van der Waals surface area contributed by atoms with Crippen LogP contribution in [0.25, 0.3) is 10.1 Å². The maximum atomic E-state index is 3.55. The van der Waals surface area contributed by atoms with Crippen LogP contribution < -0.4 is 5.32 Å². The average molecular weight is 281 g/mol. The van der Waals surface area contributed by atoms with Gasteiger partial charge in [0.2, 0.25) is 0 Å². The zero-order valence-electron chi connectivity index (χ0n) is 11.7. The van der Waals surface area contributed by atoms with Crippen LogP contribution in [-0.2, 0) is 13.0 Å². The van der Waals surface area contributed by atoms with E-state index in [-0.39, 0.29) is 0 Å². The van der Waals surface area contributed by atoms with Crippen LogP contribution in [-0.4, -0.2) is 6.54 Å². The fourth-order valence-electron chi connectivity index (χ4n) is 2.49. The Hall–Kier alpha value is -1.64. The van der Waals surface area contributed by atoms with Gasteiger partial charge >= 0.3 is 0 Å². The fourth-order valence-corrected chi connectivity index (χ4v) is 3.46. The smallest absolute Gasteiger partial charge is 0.0346 e. The van der Waals surface area contributed by atoms with Gasteiger partial charge in [-0.3, -0.25) is 0 Å². The summed E-state index contributed by atoms with van der Waals surface area (Å²) in [5.41, 5.74) is 4.16. The summed E-state index contributed by atoms with van der Waals surface area (Å²) in [7, 11) is 0. The molecule has 3 aromatic rings. The zero-order valence-corrected chi connectivity index (χ0v) is 12.5. The highest BCUT2D eigenvalue weighted by atomic mass is 32.1. The van der Waals surface area contributed by atoms with E-state index in [0.29, 0.717) is 0 Å². The monoisotopic (exact) mass is 281 g/mol. The molecule has 1 N–H and O–H groups in total. The molecule has 1 nitrogen and oxygen atoms in total. The Morgan fingerprint density at radius 3 is 2.85 bits per heavy atom. The van der Waals surface area contributed by atoms with E-state index in [1.807, 2.05) is 11.3 Å². The van der Waals surface area contributed by atoms with Gasteiger partial charge in [0.25, 0.3) is 0 Å². The van der Waals surface area contributed by atoms with Crippen molar-refractivity contribution in [3.05, 3.63) is 70.6 Å². The molecule has 0 amide bonds. The predicted molar refractivity (Wildman–Crippen MR) is 88.4 cm³/mol. The summed E-state index contributed by atoms with van der Waals surface area (Å²) < 4.78 is 1.38. The van der Waals surface area contributed by atoms with Gasteiger partial charge in [0.15, 0.2) is 0 Å². The molecule has 0 radical (unpaired) electrons. The summed E-state index contributed by atoms with van der Waals surface area (Å²) in [6, 6.07) is 17.4. The number of aryl methyl sites for hydroxylation is 1. The lowest BCUT2D eigenvalue weighted by Gasteiger charge is -2.05. The van der Waals surface area contributed by atoms with E-state index in [1.54, 1.807) is 0 Å². The van der Waals surface area contributed by atoms with E-state index in [1.165, 1.54) is 26.8 Å². The molecule has 3 rings (SSSR count). The first kappa shape index (κ1) is 13.3. The Bertz CT molecular complexity index is 699. The fraction of sp³-hybridized carbons (Fsp3) is 0.222. The number of fused-ring (bicyclic) bond motifs is 1. The van der Waals surface area contributed by atoms with Crippen LogP contribution in [0.15, 0.2) is 53.9 Å². The predicted octanol–water partition coefficient (Wildman–Crippen LogP) is 4.54. The molecule has 1 heterocycles. The minimum Gasteiger partial charge on any atom is -0.312 e. The molecule has 1 aromatic heterocycles. The first-order chi connectivity index (χ1) is 9.83. The third kappa shape index (κ3) is 3.09. The molecule has 0 bridgehead atoms. The van der Waals surface area contributed by atoms with Gasteiger partial charge in [-0.15, -0.1) is 11.3 Å². The van der Waals surface area contributed by atoms with Crippen LogP contribution in [0.2, 0.25) is 0 Å². The van der Waals surface area contributed by atoms with Gasteiger partial charge in [-0.25, -0.2) is 0 Å². The Morgan fingerprint density at radius 2 is 1.95 bits per heavy atom. The molecule has 0 saturated heterocycles. The van der Waals surface area contributed by atoms with Gasteiger partial charge < -0.3 is 5.32 Å². The van der Waals surface area contributed by atoms with Crippen LogP contribution in [0.1, 0.15) is 16.7 Å². The van der Waals surface area contributed by atoms with Crippen molar-refractivity contribution in [2.75, 3.05) is 6.54 Å². The highest BCUT2D eigenvalue weighted by Crippen LogP contribution is 2.25. The summed E-state index contributed by atoms with van der Waals surface area (Å²) in [6.45, 7) is 4.12. The minimum absolute atomic E-state index is 0.954. The summed E-state index contributed by atoms with van der Waals surface area (Å²) in [6.07, 6.45) is 1.09. The lowest BCUT2D eigenvalue weighted by Crippen LogP contribution is -2.16. The van der Waals surface area contributed by atoms with E-state index in [9.17, 15) is 0 Å². The summed E-state index contributed by atoms with van der Waals surface area (Å²) in [5, 5.41) is 7.21. The van der Waals surface area contributed by atoms with E-state index in [0.717, 1.165) is 19.5 Å². The molecular formula is C18H19NS. The molecule has 0 fully saturated rings. The molecule has 0 aliphatic heterocycles. The first-order valence-electron chi connectivity index (χ1n) is 7.04. The molecule has 0 atom stereocenters. The van der Waals surface area contributed by atoms with Crippen molar-refractivity contribution in [3.8, 4) is 0 Å². The van der Waals surface area contributed by atoms with Crippen LogP contribution in [0.4, 0.5) is 0 Å². The Balaban J connectivity index is 1.55. The topological polar surface area (TPSA) is 12.0 Å². The van der Waals surface area contributed by atoms with Gasteiger partial charge in [-0.2, -0.15) is 0 Å².